The molecule has 0 spiro atoms. The lowest BCUT2D eigenvalue weighted by Crippen LogP contribution is -2.53. The van der Waals surface area contributed by atoms with E-state index >= 15 is 0 Å². The number of benzene rings is 2. The molecule has 12 heteroatoms. The van der Waals surface area contributed by atoms with Gasteiger partial charge in [-0.2, -0.15) is 0 Å². The highest BCUT2D eigenvalue weighted by Gasteiger charge is 2.30. The molecule has 0 radical (unpaired) electrons. The highest BCUT2D eigenvalue weighted by Crippen LogP contribution is 2.23. The van der Waals surface area contributed by atoms with Crippen molar-refractivity contribution in [2.45, 2.75) is 80.8 Å². The number of piperidine rings is 1. The molecule has 2 aromatic rings. The van der Waals surface area contributed by atoms with Gasteiger partial charge in [0.1, 0.15) is 11.9 Å². The first-order valence-corrected chi connectivity index (χ1v) is 15.9. The number of carbonyl (C=O) groups is 3. The molecule has 43 heavy (non-hydrogen) atoms. The summed E-state index contributed by atoms with van der Waals surface area (Å²) in [6, 6.07) is 14.4. The Morgan fingerprint density at radius 2 is 1.65 bits per heavy atom. The molecule has 2 aromatic carbocycles. The van der Waals surface area contributed by atoms with Crippen LogP contribution in [0.15, 0.2) is 53.4 Å². The molecule has 11 nitrogen and oxygen atoms in total. The number of nitrogens with zero attached hydrogens (tertiary/aromatic N) is 1. The van der Waals surface area contributed by atoms with Crippen molar-refractivity contribution in [3.8, 4) is 0 Å². The van der Waals surface area contributed by atoms with Crippen molar-refractivity contribution in [2.75, 3.05) is 25.0 Å². The molecule has 1 atom stereocenters. The summed E-state index contributed by atoms with van der Waals surface area (Å²) in [4.78, 5) is 41.1. The van der Waals surface area contributed by atoms with E-state index < -0.39 is 6.04 Å². The summed E-state index contributed by atoms with van der Waals surface area (Å²) in [5, 5.41) is 16.9. The van der Waals surface area contributed by atoms with Gasteiger partial charge in [-0.05, 0) is 73.9 Å². The zero-order chi connectivity index (χ0) is 30.6. The molecule has 2 aliphatic rings. The number of nitrogens with two attached hydrogens (primary N) is 2. The molecule has 1 aliphatic carbocycles. The van der Waals surface area contributed by atoms with Crippen molar-refractivity contribution in [3.05, 3.63) is 59.7 Å². The average molecular weight is 609 g/mol. The number of nitrogen functional groups attached to an aromatic ring is 1. The highest BCUT2D eigenvalue weighted by atomic mass is 32.2. The van der Waals surface area contributed by atoms with E-state index in [1.54, 1.807) is 6.07 Å². The molecule has 0 bridgehead atoms. The van der Waals surface area contributed by atoms with Crippen molar-refractivity contribution in [1.82, 2.24) is 20.3 Å². The van der Waals surface area contributed by atoms with Crippen LogP contribution in [0, 0.1) is 5.41 Å². The summed E-state index contributed by atoms with van der Waals surface area (Å²) in [5.74, 6) is -0.207. The lowest BCUT2D eigenvalue weighted by molar-refractivity contribution is -0.134. The Labute approximate surface area is 257 Å². The first kappa shape index (κ1) is 32.3. The normalized spacial score (nSPS) is 16.7. The number of carbonyl (C=O) groups excluding carboxylic acids is 3. The number of anilines is 1. The topological polar surface area (TPSA) is 178 Å². The van der Waals surface area contributed by atoms with Gasteiger partial charge in [-0.25, -0.2) is 9.52 Å². The lowest BCUT2D eigenvalue weighted by atomic mass is 9.96. The van der Waals surface area contributed by atoms with E-state index in [1.165, 1.54) is 18.4 Å². The van der Waals surface area contributed by atoms with Crippen LogP contribution >= 0.6 is 11.9 Å². The lowest BCUT2D eigenvalue weighted by Gasteiger charge is -2.35. The van der Waals surface area contributed by atoms with E-state index in [4.69, 9.17) is 16.9 Å². The Morgan fingerprint density at radius 1 is 0.953 bits per heavy atom. The molecule has 4 amide bonds. The third kappa shape index (κ3) is 10.3. The Morgan fingerprint density at radius 3 is 2.35 bits per heavy atom. The van der Waals surface area contributed by atoms with Crippen LogP contribution in [0.2, 0.25) is 0 Å². The van der Waals surface area contributed by atoms with Crippen molar-refractivity contribution < 1.29 is 14.4 Å². The number of hydrogen-bond donors (Lipinski definition) is 7. The second-order valence-corrected chi connectivity index (χ2v) is 12.2. The molecule has 4 rings (SSSR count). The number of hydrogen-bond acceptors (Lipinski definition) is 7. The van der Waals surface area contributed by atoms with Gasteiger partial charge >= 0.3 is 6.03 Å². The van der Waals surface area contributed by atoms with Crippen LogP contribution in [0.25, 0.3) is 0 Å². The molecule has 1 saturated heterocycles. The van der Waals surface area contributed by atoms with E-state index in [0.717, 1.165) is 36.1 Å². The van der Waals surface area contributed by atoms with E-state index in [1.807, 2.05) is 47.4 Å². The van der Waals surface area contributed by atoms with Crippen LogP contribution in [0.5, 0.6) is 0 Å². The quantitative estimate of drug-likeness (QED) is 0.110. The van der Waals surface area contributed by atoms with Gasteiger partial charge in [0, 0.05) is 54.3 Å². The maximum absolute atomic E-state index is 13.8. The summed E-state index contributed by atoms with van der Waals surface area (Å²) >= 11 is 1.32. The average Bonchev–Trinajstić information content (AvgIpc) is 3.00. The van der Waals surface area contributed by atoms with E-state index in [2.05, 4.69) is 20.7 Å². The largest absolute Gasteiger partial charge is 0.384 e. The minimum atomic E-state index is -0.554. The van der Waals surface area contributed by atoms with Crippen LogP contribution in [-0.4, -0.2) is 66.3 Å². The maximum atomic E-state index is 13.8. The summed E-state index contributed by atoms with van der Waals surface area (Å²) < 4.78 is 3.35. The second kappa shape index (κ2) is 16.3. The first-order valence-electron chi connectivity index (χ1n) is 15.1. The number of amides is 4. The molecule has 1 unspecified atom stereocenters. The first-order chi connectivity index (χ1) is 20.8. The SMILES string of the molecule is N=C(N)c1cccc(CC(NSc2cccc(NC(=O)CCN)c2)C(=O)N2CCC(NC(=O)NC3CCCCC3)CC2)c1. The molecule has 1 heterocycles. The predicted molar refractivity (Wildman–Crippen MR) is 171 cm³/mol. The van der Waals surface area contributed by atoms with E-state index in [9.17, 15) is 14.4 Å². The van der Waals surface area contributed by atoms with Gasteiger partial charge in [0.15, 0.2) is 0 Å². The summed E-state index contributed by atoms with van der Waals surface area (Å²) in [5.41, 5.74) is 13.3. The van der Waals surface area contributed by atoms with Crippen LogP contribution in [0.4, 0.5) is 10.5 Å². The minimum absolute atomic E-state index is 0.0253. The van der Waals surface area contributed by atoms with E-state index in [0.29, 0.717) is 43.6 Å². The minimum Gasteiger partial charge on any atom is -0.384 e. The molecule has 0 aromatic heterocycles. The zero-order valence-electron chi connectivity index (χ0n) is 24.6. The fourth-order valence-electron chi connectivity index (χ4n) is 5.54. The molecular formula is C31H44N8O3S. The zero-order valence-corrected chi connectivity index (χ0v) is 25.4. The number of urea groups is 1. The van der Waals surface area contributed by atoms with Gasteiger partial charge in [-0.1, -0.05) is 43.5 Å². The van der Waals surface area contributed by atoms with Crippen molar-refractivity contribution in [3.63, 3.8) is 0 Å². The number of amidine groups is 1. The summed E-state index contributed by atoms with van der Waals surface area (Å²) in [7, 11) is 0. The Bertz CT molecular complexity index is 1260. The molecule has 1 saturated carbocycles. The van der Waals surface area contributed by atoms with Crippen LogP contribution in [0.1, 0.15) is 62.5 Å². The number of nitrogens with one attached hydrogen (secondary N) is 5. The predicted octanol–water partition coefficient (Wildman–Crippen LogP) is 3.09. The fraction of sp³-hybridized carbons (Fsp3) is 0.484. The van der Waals surface area contributed by atoms with Gasteiger partial charge in [0.25, 0.3) is 0 Å². The second-order valence-electron chi connectivity index (χ2n) is 11.3. The monoisotopic (exact) mass is 608 g/mol. The van der Waals surface area contributed by atoms with Gasteiger partial charge in [-0.15, -0.1) is 0 Å². The molecule has 1 aliphatic heterocycles. The molecule has 232 valence electrons. The summed E-state index contributed by atoms with van der Waals surface area (Å²) in [6.45, 7) is 1.37. The Balaban J connectivity index is 1.37. The van der Waals surface area contributed by atoms with Crippen LogP contribution in [0.3, 0.4) is 0 Å². The van der Waals surface area contributed by atoms with Crippen LogP contribution in [-0.2, 0) is 16.0 Å². The maximum Gasteiger partial charge on any atom is 0.315 e. The number of rotatable bonds is 12. The van der Waals surface area contributed by atoms with E-state index in [-0.39, 0.29) is 48.7 Å². The van der Waals surface area contributed by atoms with Gasteiger partial charge < -0.3 is 32.3 Å². The fourth-order valence-corrected chi connectivity index (χ4v) is 6.33. The third-order valence-electron chi connectivity index (χ3n) is 7.87. The Hall–Kier alpha value is -3.61. The van der Waals surface area contributed by atoms with Crippen molar-refractivity contribution >= 4 is 41.3 Å². The summed E-state index contributed by atoms with van der Waals surface area (Å²) in [6.07, 6.45) is 7.66. The van der Waals surface area contributed by atoms with Crippen molar-refractivity contribution in [2.24, 2.45) is 11.5 Å². The van der Waals surface area contributed by atoms with Gasteiger partial charge in [0.05, 0.1) is 0 Å². The third-order valence-corrected chi connectivity index (χ3v) is 8.76. The molecule has 2 fully saturated rings. The Kier molecular flexibility index (Phi) is 12.2. The van der Waals surface area contributed by atoms with Gasteiger partial charge in [-0.3, -0.25) is 15.0 Å². The van der Waals surface area contributed by atoms with Crippen LogP contribution < -0.4 is 32.1 Å². The molecule has 9 N–H and O–H groups in total. The highest BCUT2D eigenvalue weighted by molar-refractivity contribution is 7.97. The standard InChI is InChI=1S/C31H44N8O3S/c32-15-12-28(40)35-25-10-5-11-26(20-25)43-38-27(19-21-6-4-7-22(18-21)29(33)34)30(41)39-16-13-24(14-17-39)37-31(42)36-23-8-2-1-3-9-23/h4-7,10-11,18,20,23-24,27,38H,1-3,8-9,12-17,19,32H2,(H3,33,34)(H,35,40)(H2,36,37,42). The molecular weight excluding hydrogens is 564 g/mol. The van der Waals surface area contributed by atoms with Crippen molar-refractivity contribution in [1.29, 1.82) is 5.41 Å². The smallest absolute Gasteiger partial charge is 0.315 e. The number of likely N-dealkylation sites (tertiary alicyclic amines) is 1. The van der Waals surface area contributed by atoms with Gasteiger partial charge in [0.2, 0.25) is 11.8 Å².